The van der Waals surface area contributed by atoms with E-state index in [1.807, 2.05) is 37.2 Å². The Morgan fingerprint density at radius 1 is 1.29 bits per heavy atom. The number of nitrogens with zero attached hydrogens (tertiary/aromatic N) is 4. The molecule has 0 bridgehead atoms. The van der Waals surface area contributed by atoms with Gasteiger partial charge in [0.1, 0.15) is 5.76 Å². The molecule has 0 fully saturated rings. The van der Waals surface area contributed by atoms with Crippen molar-refractivity contribution >= 4 is 11.9 Å². The van der Waals surface area contributed by atoms with Crippen molar-refractivity contribution in [3.8, 4) is 0 Å². The lowest BCUT2D eigenvalue weighted by Gasteiger charge is -2.13. The first-order chi connectivity index (χ1) is 10.2. The van der Waals surface area contributed by atoms with Crippen LogP contribution in [0.2, 0.25) is 0 Å². The fraction of sp³-hybridized carbons (Fsp3) is 0.357. The van der Waals surface area contributed by atoms with E-state index in [2.05, 4.69) is 25.6 Å². The molecule has 2 rings (SSSR count). The van der Waals surface area contributed by atoms with Crippen LogP contribution in [-0.2, 0) is 13.1 Å². The average Bonchev–Trinajstić information content (AvgIpc) is 3.01. The number of aliphatic imine (C=N–C) groups is 1. The predicted octanol–water partition coefficient (Wildman–Crippen LogP) is 1.00. The number of furan rings is 1. The van der Waals surface area contributed by atoms with Gasteiger partial charge in [-0.05, 0) is 18.2 Å². The van der Waals surface area contributed by atoms with Crippen molar-refractivity contribution in [2.45, 2.75) is 13.1 Å². The Balaban J connectivity index is 1.86. The molecule has 2 aromatic heterocycles. The van der Waals surface area contributed by atoms with Crippen molar-refractivity contribution in [1.82, 2.24) is 20.6 Å². The van der Waals surface area contributed by atoms with Crippen molar-refractivity contribution in [2.24, 2.45) is 4.99 Å². The average molecular weight is 288 g/mol. The van der Waals surface area contributed by atoms with Gasteiger partial charge in [-0.3, -0.25) is 4.99 Å². The van der Waals surface area contributed by atoms with Gasteiger partial charge in [0.25, 0.3) is 0 Å². The smallest absolute Gasteiger partial charge is 0.225 e. The van der Waals surface area contributed by atoms with Crippen LogP contribution in [0, 0.1) is 0 Å². The summed E-state index contributed by atoms with van der Waals surface area (Å²) in [5.74, 6) is 2.24. The molecule has 0 aromatic carbocycles. The highest BCUT2D eigenvalue weighted by Gasteiger charge is 2.03. The lowest BCUT2D eigenvalue weighted by atomic mass is 10.4. The molecule has 0 spiro atoms. The number of hydrogen-bond acceptors (Lipinski definition) is 5. The van der Waals surface area contributed by atoms with Crippen LogP contribution in [0.3, 0.4) is 0 Å². The van der Waals surface area contributed by atoms with Gasteiger partial charge in [-0.25, -0.2) is 9.97 Å². The van der Waals surface area contributed by atoms with Crippen LogP contribution in [0.1, 0.15) is 11.5 Å². The molecule has 0 radical (unpaired) electrons. The summed E-state index contributed by atoms with van der Waals surface area (Å²) < 4.78 is 5.26. The molecular weight excluding hydrogens is 268 g/mol. The van der Waals surface area contributed by atoms with Gasteiger partial charge in [-0.2, -0.15) is 0 Å². The summed E-state index contributed by atoms with van der Waals surface area (Å²) in [6, 6.07) is 5.64. The van der Waals surface area contributed by atoms with Crippen molar-refractivity contribution in [3.63, 3.8) is 0 Å². The van der Waals surface area contributed by atoms with E-state index in [1.165, 1.54) is 0 Å². The van der Waals surface area contributed by atoms with Crippen LogP contribution in [-0.4, -0.2) is 37.1 Å². The quantitative estimate of drug-likeness (QED) is 0.631. The van der Waals surface area contributed by atoms with E-state index in [-0.39, 0.29) is 0 Å². The maximum absolute atomic E-state index is 5.26. The summed E-state index contributed by atoms with van der Waals surface area (Å²) in [4.78, 5) is 14.7. The van der Waals surface area contributed by atoms with Crippen molar-refractivity contribution in [2.75, 3.05) is 26.0 Å². The highest BCUT2D eigenvalue weighted by Crippen LogP contribution is 2.03. The minimum atomic E-state index is 0.571. The van der Waals surface area contributed by atoms with E-state index < -0.39 is 0 Å². The molecule has 0 saturated heterocycles. The first-order valence-corrected chi connectivity index (χ1v) is 6.65. The fourth-order valence-electron chi connectivity index (χ4n) is 1.68. The zero-order valence-corrected chi connectivity index (χ0v) is 12.5. The second-order valence-corrected chi connectivity index (χ2v) is 4.60. The third kappa shape index (κ3) is 4.48. The Kier molecular flexibility index (Phi) is 5.14. The van der Waals surface area contributed by atoms with Gasteiger partial charge in [0, 0.05) is 27.3 Å². The van der Waals surface area contributed by atoms with Gasteiger partial charge in [-0.15, -0.1) is 0 Å². The highest BCUT2D eigenvalue weighted by molar-refractivity contribution is 5.79. The molecule has 0 unspecified atom stereocenters. The molecular formula is C14H20N6O. The van der Waals surface area contributed by atoms with Gasteiger partial charge in [0.15, 0.2) is 5.96 Å². The largest absolute Gasteiger partial charge is 0.467 e. The predicted molar refractivity (Wildman–Crippen MR) is 82.1 cm³/mol. The van der Waals surface area contributed by atoms with E-state index in [1.54, 1.807) is 19.5 Å². The summed E-state index contributed by atoms with van der Waals surface area (Å²) >= 11 is 0. The summed E-state index contributed by atoms with van der Waals surface area (Å²) in [6.45, 7) is 1.15. The van der Waals surface area contributed by atoms with Gasteiger partial charge in [0.2, 0.25) is 5.95 Å². The van der Waals surface area contributed by atoms with Crippen LogP contribution in [0.5, 0.6) is 0 Å². The van der Waals surface area contributed by atoms with Crippen LogP contribution in [0.15, 0.2) is 40.1 Å². The number of aromatic nitrogens is 2. The van der Waals surface area contributed by atoms with Gasteiger partial charge in [0.05, 0.1) is 25.0 Å². The lowest BCUT2D eigenvalue weighted by molar-refractivity contribution is 0.501. The molecule has 0 aliphatic heterocycles. The highest BCUT2D eigenvalue weighted by atomic mass is 16.3. The normalized spacial score (nSPS) is 11.3. The monoisotopic (exact) mass is 288 g/mol. The SMILES string of the molecule is CN=C(NCc1ccnc(N(C)C)n1)NCc1ccco1. The minimum absolute atomic E-state index is 0.571. The molecule has 112 valence electrons. The topological polar surface area (TPSA) is 78.6 Å². The van der Waals surface area contributed by atoms with Crippen molar-refractivity contribution < 1.29 is 4.42 Å². The molecule has 21 heavy (non-hydrogen) atoms. The molecule has 0 aliphatic rings. The molecule has 0 atom stereocenters. The zero-order valence-electron chi connectivity index (χ0n) is 12.5. The zero-order chi connectivity index (χ0) is 15.1. The Morgan fingerprint density at radius 2 is 2.10 bits per heavy atom. The summed E-state index contributed by atoms with van der Waals surface area (Å²) in [7, 11) is 5.55. The maximum Gasteiger partial charge on any atom is 0.225 e. The molecule has 2 aromatic rings. The van der Waals surface area contributed by atoms with E-state index >= 15 is 0 Å². The number of guanidine groups is 1. The van der Waals surface area contributed by atoms with E-state index in [0.717, 1.165) is 11.5 Å². The first kappa shape index (κ1) is 14.8. The standard InChI is InChI=1S/C14H20N6O/c1-15-13(18-10-12-5-4-8-21-12)17-9-11-6-7-16-14(19-11)20(2)3/h4-8H,9-10H2,1-3H3,(H2,15,17,18). The number of rotatable bonds is 5. The number of anilines is 1. The van der Waals surface area contributed by atoms with Gasteiger partial charge in [-0.1, -0.05) is 0 Å². The van der Waals surface area contributed by atoms with Gasteiger partial charge < -0.3 is 20.0 Å². The molecule has 0 saturated carbocycles. The first-order valence-electron chi connectivity index (χ1n) is 6.65. The molecule has 2 N–H and O–H groups in total. The van der Waals surface area contributed by atoms with Crippen LogP contribution < -0.4 is 15.5 Å². The molecule has 0 aliphatic carbocycles. The van der Waals surface area contributed by atoms with Crippen molar-refractivity contribution in [1.29, 1.82) is 0 Å². The van der Waals surface area contributed by atoms with Crippen molar-refractivity contribution in [3.05, 3.63) is 42.1 Å². The number of nitrogens with one attached hydrogen (secondary N) is 2. The van der Waals surface area contributed by atoms with Crippen LogP contribution >= 0.6 is 0 Å². The Labute approximate surface area is 124 Å². The van der Waals surface area contributed by atoms with Crippen LogP contribution in [0.4, 0.5) is 5.95 Å². The van der Waals surface area contributed by atoms with E-state index in [4.69, 9.17) is 4.42 Å². The number of hydrogen-bond donors (Lipinski definition) is 2. The van der Waals surface area contributed by atoms with Gasteiger partial charge >= 0.3 is 0 Å². The van der Waals surface area contributed by atoms with E-state index in [0.29, 0.717) is 25.0 Å². The summed E-state index contributed by atoms with van der Waals surface area (Å²) in [5, 5.41) is 6.37. The summed E-state index contributed by atoms with van der Waals surface area (Å²) in [6.07, 6.45) is 3.40. The van der Waals surface area contributed by atoms with Crippen LogP contribution in [0.25, 0.3) is 0 Å². The second-order valence-electron chi connectivity index (χ2n) is 4.60. The molecule has 7 heteroatoms. The van der Waals surface area contributed by atoms with E-state index in [9.17, 15) is 0 Å². The third-order valence-corrected chi connectivity index (χ3v) is 2.77. The maximum atomic E-state index is 5.26. The fourth-order valence-corrected chi connectivity index (χ4v) is 1.68. The Bertz CT molecular complexity index is 579. The summed E-state index contributed by atoms with van der Waals surface area (Å²) in [5.41, 5.74) is 0.898. The second kappa shape index (κ2) is 7.28. The minimum Gasteiger partial charge on any atom is -0.467 e. The lowest BCUT2D eigenvalue weighted by Crippen LogP contribution is -2.36. The molecule has 2 heterocycles. The third-order valence-electron chi connectivity index (χ3n) is 2.77. The molecule has 0 amide bonds. The Morgan fingerprint density at radius 3 is 2.76 bits per heavy atom. The Hall–Kier alpha value is -2.57. The molecule has 7 nitrogen and oxygen atoms in total.